The van der Waals surface area contributed by atoms with E-state index >= 15 is 0 Å². The molecule has 3 rings (SSSR count). The minimum absolute atomic E-state index is 0.330. The van der Waals surface area contributed by atoms with Gasteiger partial charge >= 0.3 is 6.18 Å². The molecule has 0 bridgehead atoms. The first-order valence-corrected chi connectivity index (χ1v) is 7.64. The Balaban J connectivity index is 1.94. The quantitative estimate of drug-likeness (QED) is 0.871. The van der Waals surface area contributed by atoms with E-state index in [2.05, 4.69) is 4.98 Å². The molecule has 0 spiro atoms. The van der Waals surface area contributed by atoms with Crippen LogP contribution >= 0.6 is 22.9 Å². The summed E-state index contributed by atoms with van der Waals surface area (Å²) < 4.78 is 38.4. The van der Waals surface area contributed by atoms with Crippen molar-refractivity contribution in [3.8, 4) is 0 Å². The number of alkyl halides is 3. The van der Waals surface area contributed by atoms with Crippen LogP contribution in [0.1, 0.15) is 40.5 Å². The molecule has 0 unspecified atom stereocenters. The van der Waals surface area contributed by atoms with Crippen LogP contribution in [0.15, 0.2) is 18.2 Å². The van der Waals surface area contributed by atoms with Crippen LogP contribution in [0.25, 0.3) is 0 Å². The number of aromatic nitrogens is 1. The Morgan fingerprint density at radius 2 is 2.05 bits per heavy atom. The Morgan fingerprint density at radius 3 is 2.67 bits per heavy atom. The van der Waals surface area contributed by atoms with Crippen molar-refractivity contribution in [2.24, 2.45) is 0 Å². The molecule has 2 nitrogen and oxygen atoms in total. The summed E-state index contributed by atoms with van der Waals surface area (Å²) >= 11 is 7.36. The normalized spacial score (nSPS) is 15.4. The van der Waals surface area contributed by atoms with Crippen molar-refractivity contribution in [2.75, 3.05) is 5.73 Å². The van der Waals surface area contributed by atoms with Crippen LogP contribution < -0.4 is 5.73 Å². The number of nitrogens with zero attached hydrogens (tertiary/aromatic N) is 1. The molecule has 0 saturated heterocycles. The van der Waals surface area contributed by atoms with Crippen molar-refractivity contribution in [2.45, 2.75) is 31.4 Å². The van der Waals surface area contributed by atoms with Crippen LogP contribution in [0, 0.1) is 0 Å². The number of anilines is 1. The van der Waals surface area contributed by atoms with Crippen molar-refractivity contribution < 1.29 is 13.2 Å². The fraction of sp³-hybridized carbons (Fsp3) is 0.357. The molecule has 1 saturated carbocycles. The second kappa shape index (κ2) is 5.18. The number of nitrogen functional groups attached to an aromatic ring is 1. The summed E-state index contributed by atoms with van der Waals surface area (Å²) in [5.41, 5.74) is 6.42. The number of hydrogen-bond donors (Lipinski definition) is 1. The van der Waals surface area contributed by atoms with Crippen LogP contribution in [-0.4, -0.2) is 4.98 Å². The van der Waals surface area contributed by atoms with Crippen molar-refractivity contribution >= 4 is 28.1 Å². The maximum atomic E-state index is 12.8. The molecular formula is C14H12ClF3N2S. The summed E-state index contributed by atoms with van der Waals surface area (Å²) in [7, 11) is 0. The van der Waals surface area contributed by atoms with Crippen LogP contribution in [-0.2, 0) is 12.6 Å². The molecule has 21 heavy (non-hydrogen) atoms. The van der Waals surface area contributed by atoms with Gasteiger partial charge in [-0.2, -0.15) is 13.2 Å². The highest BCUT2D eigenvalue weighted by Crippen LogP contribution is 2.44. The number of benzene rings is 1. The topological polar surface area (TPSA) is 38.9 Å². The second-order valence-corrected chi connectivity index (χ2v) is 6.64. The molecular weight excluding hydrogens is 321 g/mol. The van der Waals surface area contributed by atoms with Gasteiger partial charge in [-0.15, -0.1) is 11.3 Å². The zero-order valence-corrected chi connectivity index (χ0v) is 12.4. The van der Waals surface area contributed by atoms with Crippen molar-refractivity contribution in [1.29, 1.82) is 0 Å². The maximum absolute atomic E-state index is 12.8. The van der Waals surface area contributed by atoms with Gasteiger partial charge in [0.15, 0.2) is 5.13 Å². The van der Waals surface area contributed by atoms with E-state index in [0.717, 1.165) is 35.5 Å². The number of hydrogen-bond acceptors (Lipinski definition) is 3. The average molecular weight is 333 g/mol. The largest absolute Gasteiger partial charge is 0.416 e. The molecule has 1 heterocycles. The molecule has 112 valence electrons. The lowest BCUT2D eigenvalue weighted by atomic mass is 10.1. The van der Waals surface area contributed by atoms with Crippen LogP contribution in [0.2, 0.25) is 5.02 Å². The molecule has 1 fully saturated rings. The van der Waals surface area contributed by atoms with Gasteiger partial charge in [-0.3, -0.25) is 0 Å². The third-order valence-corrected chi connectivity index (χ3v) is 4.70. The van der Waals surface area contributed by atoms with E-state index in [9.17, 15) is 13.2 Å². The van der Waals surface area contributed by atoms with Gasteiger partial charge < -0.3 is 5.73 Å². The SMILES string of the molecule is Nc1nc(C2CC2)c(Cc2cc(C(F)(F)F)ccc2Cl)s1. The van der Waals surface area contributed by atoms with Crippen molar-refractivity contribution in [1.82, 2.24) is 4.98 Å². The van der Waals surface area contributed by atoms with Gasteiger partial charge in [0.1, 0.15) is 0 Å². The van der Waals surface area contributed by atoms with Gasteiger partial charge in [0.25, 0.3) is 0 Å². The molecule has 2 aromatic rings. The van der Waals surface area contributed by atoms with Gasteiger partial charge in [-0.1, -0.05) is 11.6 Å². The molecule has 0 atom stereocenters. The molecule has 7 heteroatoms. The fourth-order valence-corrected chi connectivity index (χ4v) is 3.37. The summed E-state index contributed by atoms with van der Waals surface area (Å²) in [6.45, 7) is 0. The Kier molecular flexibility index (Phi) is 3.61. The van der Waals surface area contributed by atoms with E-state index < -0.39 is 11.7 Å². The minimum Gasteiger partial charge on any atom is -0.375 e. The Bertz CT molecular complexity index is 677. The van der Waals surface area contributed by atoms with Gasteiger partial charge in [0.05, 0.1) is 11.3 Å². The summed E-state index contributed by atoms with van der Waals surface area (Å²) in [6.07, 6.45) is -1.91. The minimum atomic E-state index is -4.37. The number of nitrogens with two attached hydrogens (primary N) is 1. The number of thiazole rings is 1. The standard InChI is InChI=1S/C14H12ClF3N2S/c15-10-4-3-9(14(16,17)18)5-8(10)6-11-12(7-1-2-7)20-13(19)21-11/h3-5,7H,1-2,6H2,(H2,19,20). The molecule has 2 N–H and O–H groups in total. The molecule has 1 aliphatic carbocycles. The highest BCUT2D eigenvalue weighted by atomic mass is 35.5. The highest BCUT2D eigenvalue weighted by molar-refractivity contribution is 7.15. The van der Waals surface area contributed by atoms with Crippen molar-refractivity contribution in [3.05, 3.63) is 44.9 Å². The molecule has 0 aliphatic heterocycles. The predicted molar refractivity (Wildman–Crippen MR) is 77.8 cm³/mol. The van der Waals surface area contributed by atoms with E-state index in [4.69, 9.17) is 17.3 Å². The van der Waals surface area contributed by atoms with E-state index in [1.165, 1.54) is 17.4 Å². The van der Waals surface area contributed by atoms with Crippen LogP contribution in [0.4, 0.5) is 18.3 Å². The monoisotopic (exact) mass is 332 g/mol. The summed E-state index contributed by atoms with van der Waals surface area (Å²) in [4.78, 5) is 5.21. The highest BCUT2D eigenvalue weighted by Gasteiger charge is 2.32. The number of halogens is 4. The van der Waals surface area contributed by atoms with Crippen molar-refractivity contribution in [3.63, 3.8) is 0 Å². The van der Waals surface area contributed by atoms with E-state index in [1.807, 2.05) is 0 Å². The zero-order valence-electron chi connectivity index (χ0n) is 10.9. The van der Waals surface area contributed by atoms with Crippen LogP contribution in [0.3, 0.4) is 0 Å². The van der Waals surface area contributed by atoms with E-state index in [1.54, 1.807) is 0 Å². The van der Waals surface area contributed by atoms with E-state index in [0.29, 0.717) is 28.1 Å². The predicted octanol–water partition coefficient (Wildman–Crippen LogP) is 4.87. The third kappa shape index (κ3) is 3.16. The van der Waals surface area contributed by atoms with E-state index in [-0.39, 0.29) is 0 Å². The lowest BCUT2D eigenvalue weighted by Crippen LogP contribution is -2.05. The van der Waals surface area contributed by atoms with Gasteiger partial charge in [-0.05, 0) is 36.6 Å². The summed E-state index contributed by atoms with van der Waals surface area (Å²) in [5, 5.41) is 0.784. The fourth-order valence-electron chi connectivity index (χ4n) is 2.24. The third-order valence-electron chi connectivity index (χ3n) is 3.43. The molecule has 1 aliphatic rings. The second-order valence-electron chi connectivity index (χ2n) is 5.12. The smallest absolute Gasteiger partial charge is 0.375 e. The zero-order chi connectivity index (χ0) is 15.2. The first kappa shape index (κ1) is 14.7. The Morgan fingerprint density at radius 1 is 1.33 bits per heavy atom. The lowest BCUT2D eigenvalue weighted by molar-refractivity contribution is -0.137. The molecule has 1 aromatic heterocycles. The van der Waals surface area contributed by atoms with Gasteiger partial charge in [0.2, 0.25) is 0 Å². The Labute approximate surface area is 128 Å². The van der Waals surface area contributed by atoms with Crippen LogP contribution in [0.5, 0.6) is 0 Å². The molecule has 1 aromatic carbocycles. The lowest BCUT2D eigenvalue weighted by Gasteiger charge is -2.10. The van der Waals surface area contributed by atoms with Gasteiger partial charge in [-0.25, -0.2) is 4.98 Å². The Hall–Kier alpha value is -1.27. The number of rotatable bonds is 3. The summed E-state index contributed by atoms with van der Waals surface area (Å²) in [5.74, 6) is 0.401. The van der Waals surface area contributed by atoms with Gasteiger partial charge in [0, 0.05) is 22.2 Å². The first-order valence-electron chi connectivity index (χ1n) is 6.45. The average Bonchev–Trinajstić information content (AvgIpc) is 3.15. The first-order chi connectivity index (χ1) is 9.84. The molecule has 0 amide bonds. The summed E-state index contributed by atoms with van der Waals surface area (Å²) in [6, 6.07) is 3.39. The maximum Gasteiger partial charge on any atom is 0.416 e. The molecule has 0 radical (unpaired) electrons.